The van der Waals surface area contributed by atoms with E-state index in [2.05, 4.69) is 185 Å². The summed E-state index contributed by atoms with van der Waals surface area (Å²) in [5.41, 5.74) is 12.2. The van der Waals surface area contributed by atoms with E-state index in [0.29, 0.717) is 0 Å². The molecule has 0 aliphatic heterocycles. The average molecular weight is 915 g/mol. The second-order valence-electron chi connectivity index (χ2n) is 17.7. The third-order valence-electron chi connectivity index (χ3n) is 14.0. The molecule has 2 unspecified atom stereocenters. The second kappa shape index (κ2) is 15.7. The summed E-state index contributed by atoms with van der Waals surface area (Å²) in [6.07, 6.45) is 11.7. The van der Waals surface area contributed by atoms with Gasteiger partial charge in [-0.3, -0.25) is 0 Å². The molecule has 60 heavy (non-hydrogen) atoms. The predicted octanol–water partition coefficient (Wildman–Crippen LogP) is 17.8. The summed E-state index contributed by atoms with van der Waals surface area (Å²) in [5.74, 6) is 0. The van der Waals surface area contributed by atoms with E-state index >= 15 is 0 Å². The van der Waals surface area contributed by atoms with Crippen molar-refractivity contribution in [2.45, 2.75) is 72.7 Å². The fraction of sp³-hybridized carbons (Fsp3) is 0.214. The van der Waals surface area contributed by atoms with Crippen molar-refractivity contribution in [2.24, 2.45) is 0 Å². The van der Waals surface area contributed by atoms with E-state index in [0.717, 1.165) is 38.5 Å². The van der Waals surface area contributed by atoms with Crippen LogP contribution in [0.1, 0.15) is 81.9 Å². The number of halogens is 2. The molecule has 2 aliphatic rings. The van der Waals surface area contributed by atoms with Crippen LogP contribution in [0.3, 0.4) is 0 Å². The average Bonchev–Trinajstić information content (AvgIpc) is 3.86. The number of rotatable bonds is 10. The van der Waals surface area contributed by atoms with Crippen LogP contribution in [0.25, 0.3) is 77.5 Å². The number of benzene rings is 8. The number of allylic oxidation sites excluding steroid dienone is 2. The first-order valence-corrected chi connectivity index (χ1v) is 37.4. The number of hydrogen-bond donors (Lipinski definition) is 0. The van der Waals surface area contributed by atoms with Crippen molar-refractivity contribution < 1.29 is 15.0 Å². The van der Waals surface area contributed by atoms with E-state index in [1.165, 1.54) is 98.7 Å². The standard InChI is InChI=1S/2C27H23.C2H6Si.2ClH.Zr/c2*1-2-3-9-19-16-20-12-8-15-25(26(20)17-19)27-23-13-6-4-10-21(23)18-22-11-5-7-14-24(22)27;1-3-2;;;/h2*4-8,10-18H,2-3,9H2,1H3;1-2H3;2*1H;/q;;;;;+2/p-2. The summed E-state index contributed by atoms with van der Waals surface area (Å²) in [5, 5.41) is 10.2. The molecule has 0 heterocycles. The van der Waals surface area contributed by atoms with Gasteiger partial charge >= 0.3 is 367 Å². The molecule has 0 aromatic heterocycles. The molecule has 0 fully saturated rings. The molecule has 2 aliphatic carbocycles. The van der Waals surface area contributed by atoms with Gasteiger partial charge in [-0.2, -0.15) is 0 Å². The van der Waals surface area contributed by atoms with E-state index < -0.39 is 20.4 Å². The number of fused-ring (bicyclic) bond motifs is 6. The predicted molar refractivity (Wildman–Crippen MR) is 263 cm³/mol. The van der Waals surface area contributed by atoms with Crippen LogP contribution < -0.4 is 0 Å². The summed E-state index contributed by atoms with van der Waals surface area (Å²) in [7, 11) is 18.1. The Balaban J connectivity index is 1.24. The van der Waals surface area contributed by atoms with E-state index in [1.54, 1.807) is 0 Å². The van der Waals surface area contributed by atoms with Gasteiger partial charge in [-0.15, -0.1) is 0 Å². The van der Waals surface area contributed by atoms with Crippen LogP contribution in [0, 0.1) is 0 Å². The van der Waals surface area contributed by atoms with Gasteiger partial charge in [-0.05, 0) is 0 Å². The Labute approximate surface area is 363 Å². The minimum atomic E-state index is -5.12. The van der Waals surface area contributed by atoms with E-state index in [1.807, 2.05) is 0 Å². The van der Waals surface area contributed by atoms with Crippen molar-refractivity contribution in [3.8, 4) is 22.3 Å². The second-order valence-corrected chi connectivity index (χ2v) is 56.4. The molecule has 298 valence electrons. The molecule has 8 aromatic rings. The van der Waals surface area contributed by atoms with Crippen LogP contribution in [-0.2, 0) is 15.0 Å². The summed E-state index contributed by atoms with van der Waals surface area (Å²) in [4.78, 5) is 0. The molecule has 0 saturated carbocycles. The van der Waals surface area contributed by atoms with E-state index in [9.17, 15) is 0 Å². The van der Waals surface area contributed by atoms with Gasteiger partial charge in [-0.1, -0.05) is 0 Å². The fourth-order valence-corrected chi connectivity index (χ4v) is 40.3. The van der Waals surface area contributed by atoms with Gasteiger partial charge in [0, 0.05) is 0 Å². The third kappa shape index (κ3) is 6.22. The van der Waals surface area contributed by atoms with Crippen LogP contribution in [0.2, 0.25) is 13.1 Å². The zero-order valence-corrected chi connectivity index (χ0v) is 40.1. The maximum absolute atomic E-state index is 9.06. The van der Waals surface area contributed by atoms with Gasteiger partial charge in [-0.25, -0.2) is 0 Å². The van der Waals surface area contributed by atoms with Gasteiger partial charge in [0.25, 0.3) is 0 Å². The van der Waals surface area contributed by atoms with Crippen molar-refractivity contribution in [1.29, 1.82) is 0 Å². The van der Waals surface area contributed by atoms with Crippen LogP contribution in [0.4, 0.5) is 0 Å². The van der Waals surface area contributed by atoms with Crippen molar-refractivity contribution in [1.82, 2.24) is 0 Å². The van der Waals surface area contributed by atoms with Crippen LogP contribution in [0.5, 0.6) is 0 Å². The van der Waals surface area contributed by atoms with Crippen molar-refractivity contribution in [3.63, 3.8) is 0 Å². The molecule has 10 rings (SSSR count). The molecule has 8 aromatic carbocycles. The summed E-state index contributed by atoms with van der Waals surface area (Å²) in [6.45, 7) is 9.55. The fourth-order valence-electron chi connectivity index (χ4n) is 11.2. The first-order valence-electron chi connectivity index (χ1n) is 22.1. The maximum atomic E-state index is 9.06. The van der Waals surface area contributed by atoms with E-state index in [4.69, 9.17) is 17.0 Å². The quantitative estimate of drug-likeness (QED) is 0.0947. The molecule has 0 nitrogen and oxygen atoms in total. The van der Waals surface area contributed by atoms with Gasteiger partial charge in [0.2, 0.25) is 0 Å². The number of hydrogen-bond acceptors (Lipinski definition) is 0. The Bertz CT molecular complexity index is 2870. The van der Waals surface area contributed by atoms with Crippen LogP contribution >= 0.6 is 17.0 Å². The first-order chi connectivity index (χ1) is 29.2. The number of unbranched alkanes of at least 4 members (excludes halogenated alkanes) is 2. The molecule has 0 amide bonds. The van der Waals surface area contributed by atoms with Gasteiger partial charge in [0.1, 0.15) is 0 Å². The van der Waals surface area contributed by atoms with Crippen molar-refractivity contribution in [3.05, 3.63) is 179 Å². The van der Waals surface area contributed by atoms with Crippen molar-refractivity contribution >= 4 is 77.7 Å². The molecule has 0 bridgehead atoms. The molecular formula is C56H52Cl2SiZr. The van der Waals surface area contributed by atoms with Crippen LogP contribution in [-0.4, -0.2) is 5.43 Å². The summed E-state index contributed by atoms with van der Waals surface area (Å²) < 4.78 is 0.0637. The van der Waals surface area contributed by atoms with Gasteiger partial charge in [0.05, 0.1) is 0 Å². The monoisotopic (exact) mass is 912 g/mol. The Kier molecular flexibility index (Phi) is 10.5. The van der Waals surface area contributed by atoms with Gasteiger partial charge in [0.15, 0.2) is 0 Å². The van der Waals surface area contributed by atoms with Crippen molar-refractivity contribution in [2.75, 3.05) is 0 Å². The SMILES string of the molecule is CCCCC1=Cc2c(-c3c4ccccc4cc4ccccc34)cccc2[CH]1[Zr]([Cl])([Cl])([CH]1C(CCCC)=Cc2c(-c3c4ccccc4cc4ccccc34)cccc21)=[Si](C)C. The molecular weight excluding hydrogens is 863 g/mol. The molecule has 0 saturated heterocycles. The topological polar surface area (TPSA) is 0 Å². The Hall–Kier alpha value is -4.04. The Morgan fingerprint density at radius 1 is 0.467 bits per heavy atom. The third-order valence-corrected chi connectivity index (χ3v) is 60.6. The van der Waals surface area contributed by atoms with Crippen LogP contribution in [0.15, 0.2) is 157 Å². The zero-order chi connectivity index (χ0) is 41.2. The summed E-state index contributed by atoms with van der Waals surface area (Å²) >= 11 is -5.12. The normalized spacial score (nSPS) is 16.4. The molecule has 0 radical (unpaired) electrons. The molecule has 0 spiro atoms. The minimum absolute atomic E-state index is 0.0319. The molecule has 0 N–H and O–H groups in total. The molecule has 2 atom stereocenters. The first kappa shape index (κ1) is 40.1. The van der Waals surface area contributed by atoms with E-state index in [-0.39, 0.29) is 7.25 Å². The Morgan fingerprint density at radius 3 is 1.15 bits per heavy atom. The Morgan fingerprint density at radius 2 is 0.817 bits per heavy atom. The molecule has 4 heteroatoms. The summed E-state index contributed by atoms with van der Waals surface area (Å²) in [6, 6.07) is 54.4. The zero-order valence-electron chi connectivity index (χ0n) is 35.2. The van der Waals surface area contributed by atoms with Gasteiger partial charge < -0.3 is 0 Å².